The molecule has 3 aromatic rings. The molecular weight excluding hydrogens is 412 g/mol. The van der Waals surface area contributed by atoms with Crippen molar-refractivity contribution in [1.29, 1.82) is 5.41 Å². The Kier molecular flexibility index (Phi) is 7.55. The third kappa shape index (κ3) is 5.83. The number of benzene rings is 3. The van der Waals surface area contributed by atoms with Crippen molar-refractivity contribution < 1.29 is 12.8 Å². The van der Waals surface area contributed by atoms with Gasteiger partial charge in [-0.05, 0) is 58.0 Å². The lowest BCUT2D eigenvalue weighted by atomic mass is 9.87. The Bertz CT molecular complexity index is 1250. The summed E-state index contributed by atoms with van der Waals surface area (Å²) in [4.78, 5) is 13.9. The molecule has 0 radical (unpaired) electrons. The molecule has 33 heavy (non-hydrogen) atoms. The molecule has 0 bridgehead atoms. The van der Waals surface area contributed by atoms with Crippen molar-refractivity contribution in [1.82, 2.24) is 0 Å². The van der Waals surface area contributed by atoms with E-state index in [9.17, 15) is 4.79 Å². The minimum absolute atomic E-state index is 0. The zero-order chi connectivity index (χ0) is 23.8. The van der Waals surface area contributed by atoms with Crippen LogP contribution in [0.2, 0.25) is 0 Å². The number of amides is 1. The number of nitrogens with zero attached hydrogens (tertiary/aromatic N) is 1. The van der Waals surface area contributed by atoms with Crippen molar-refractivity contribution in [3.8, 4) is 0 Å². The Hall–Kier alpha value is -4.45. The second-order valence-corrected chi connectivity index (χ2v) is 7.34. The average molecular weight is 443 g/mol. The van der Waals surface area contributed by atoms with Crippen LogP contribution in [0.1, 0.15) is 44.0 Å². The molecule has 0 aliphatic heterocycles. The minimum Gasteiger partial charge on any atom is -0.463 e. The summed E-state index contributed by atoms with van der Waals surface area (Å²) in [5.41, 5.74) is 19.1. The van der Waals surface area contributed by atoms with E-state index in [1.807, 2.05) is 60.7 Å². The molecule has 0 aliphatic carbocycles. The number of anilines is 1. The van der Waals surface area contributed by atoms with Crippen LogP contribution >= 0.6 is 0 Å². The largest absolute Gasteiger partial charge is 0.463 e. The number of aliphatic imine (C=N–C) groups is 1. The number of hydrogen-bond acceptors (Lipinski definition) is 3. The fourth-order valence-electron chi connectivity index (χ4n) is 3.63. The van der Waals surface area contributed by atoms with Crippen molar-refractivity contribution >= 4 is 41.1 Å². The molecule has 0 heterocycles. The highest BCUT2D eigenvalue weighted by molar-refractivity contribution is 6.01. The van der Waals surface area contributed by atoms with Crippen LogP contribution in [0, 0.1) is 5.41 Å². The highest BCUT2D eigenvalue weighted by atomic mass is 16.4. The summed E-state index contributed by atoms with van der Waals surface area (Å²) in [6.07, 6.45) is 3.92. The van der Waals surface area contributed by atoms with Crippen molar-refractivity contribution in [2.75, 3.05) is 5.73 Å². The second kappa shape index (κ2) is 10.7. The lowest BCUT2D eigenvalue weighted by Gasteiger charge is -2.17. The molecule has 0 saturated heterocycles. The van der Waals surface area contributed by atoms with E-state index in [1.54, 1.807) is 6.08 Å². The molecular formula is C27H30N4O2. The summed E-state index contributed by atoms with van der Waals surface area (Å²) < 4.78 is 0. The van der Waals surface area contributed by atoms with E-state index in [2.05, 4.69) is 24.0 Å². The van der Waals surface area contributed by atoms with Crippen LogP contribution in [0.25, 0.3) is 17.2 Å². The molecule has 6 heteroatoms. The van der Waals surface area contributed by atoms with Gasteiger partial charge in [0, 0.05) is 20.3 Å². The van der Waals surface area contributed by atoms with Crippen LogP contribution in [-0.4, -0.2) is 23.2 Å². The molecule has 1 amide bonds. The molecule has 0 aliphatic rings. The SMILES string of the molecule is CC/C(=C(/c1ccc(/C=C/C(N)=N/C(=O)O)cc1)c1ccc(N)c(C=N)c1)c1ccccc1.[HH].[HH]. The molecule has 0 aromatic heterocycles. The highest BCUT2D eigenvalue weighted by Gasteiger charge is 2.14. The first-order chi connectivity index (χ1) is 15.9. The lowest BCUT2D eigenvalue weighted by Crippen LogP contribution is -2.09. The Balaban J connectivity index is 0.00000306. The van der Waals surface area contributed by atoms with Crippen LogP contribution in [0.5, 0.6) is 0 Å². The van der Waals surface area contributed by atoms with Gasteiger partial charge < -0.3 is 22.0 Å². The van der Waals surface area contributed by atoms with Gasteiger partial charge in [-0.25, -0.2) is 4.79 Å². The van der Waals surface area contributed by atoms with Gasteiger partial charge in [-0.2, -0.15) is 4.99 Å². The van der Waals surface area contributed by atoms with Gasteiger partial charge in [0.05, 0.1) is 0 Å². The third-order valence-corrected chi connectivity index (χ3v) is 5.18. The minimum atomic E-state index is -1.33. The van der Waals surface area contributed by atoms with Gasteiger partial charge >= 0.3 is 6.09 Å². The van der Waals surface area contributed by atoms with Gasteiger partial charge in [-0.15, -0.1) is 0 Å². The van der Waals surface area contributed by atoms with Gasteiger partial charge in [0.25, 0.3) is 0 Å². The molecule has 0 fully saturated rings. The van der Waals surface area contributed by atoms with E-state index >= 15 is 0 Å². The number of nitrogen functional groups attached to an aromatic ring is 1. The molecule has 6 N–H and O–H groups in total. The molecule has 0 unspecified atom stereocenters. The van der Waals surface area contributed by atoms with Crippen molar-refractivity contribution in [3.05, 3.63) is 107 Å². The third-order valence-electron chi connectivity index (χ3n) is 5.18. The highest BCUT2D eigenvalue weighted by Crippen LogP contribution is 2.35. The Morgan fingerprint density at radius 2 is 1.70 bits per heavy atom. The quantitative estimate of drug-likeness (QED) is 0.151. The van der Waals surface area contributed by atoms with Gasteiger partial charge in [-0.1, -0.05) is 73.7 Å². The standard InChI is InChI=1S/C27H26N4O2.2H2/c1-2-23(19-6-4-3-5-7-19)26(21-13-14-24(29)22(16-21)17-28)20-11-8-18(9-12-20)10-15-25(30)31-27(32)33;;/h3-17,28H,2,29H2,1H3,(H2,30,31)(H,32,33);2*1H/b15-10+,26-23+,28-17?;;. The number of nitrogens with one attached hydrogen (secondary N) is 1. The number of amidine groups is 1. The molecule has 6 nitrogen and oxygen atoms in total. The van der Waals surface area contributed by atoms with Crippen LogP contribution in [0.4, 0.5) is 10.5 Å². The van der Waals surface area contributed by atoms with Gasteiger partial charge in [-0.3, -0.25) is 0 Å². The van der Waals surface area contributed by atoms with Crippen LogP contribution in [-0.2, 0) is 0 Å². The van der Waals surface area contributed by atoms with Gasteiger partial charge in [0.2, 0.25) is 0 Å². The lowest BCUT2D eigenvalue weighted by molar-refractivity contribution is 0.205. The number of nitrogens with two attached hydrogens (primary N) is 2. The molecule has 0 saturated carbocycles. The molecule has 0 atom stereocenters. The first-order valence-corrected chi connectivity index (χ1v) is 10.5. The number of hydrogen-bond donors (Lipinski definition) is 4. The van der Waals surface area contributed by atoms with Gasteiger partial charge in [0.1, 0.15) is 5.84 Å². The van der Waals surface area contributed by atoms with Gasteiger partial charge in [0.15, 0.2) is 0 Å². The fourth-order valence-corrected chi connectivity index (χ4v) is 3.63. The maximum absolute atomic E-state index is 10.6. The summed E-state index contributed by atoms with van der Waals surface area (Å²) in [7, 11) is 0. The first kappa shape index (κ1) is 23.2. The normalized spacial score (nSPS) is 12.5. The van der Waals surface area contributed by atoms with Crippen LogP contribution < -0.4 is 11.5 Å². The summed E-state index contributed by atoms with van der Waals surface area (Å²) in [6, 6.07) is 23.9. The molecule has 170 valence electrons. The van der Waals surface area contributed by atoms with E-state index in [0.29, 0.717) is 11.3 Å². The summed E-state index contributed by atoms with van der Waals surface area (Å²) in [5.74, 6) is -0.0782. The number of rotatable bonds is 7. The maximum atomic E-state index is 10.6. The molecule has 3 rings (SSSR count). The zero-order valence-electron chi connectivity index (χ0n) is 18.3. The average Bonchev–Trinajstić information content (AvgIpc) is 2.82. The topological polar surface area (TPSA) is 126 Å². The van der Waals surface area contributed by atoms with E-state index in [-0.39, 0.29) is 8.69 Å². The second-order valence-electron chi connectivity index (χ2n) is 7.34. The van der Waals surface area contributed by atoms with Crippen molar-refractivity contribution in [2.24, 2.45) is 10.7 Å². The maximum Gasteiger partial charge on any atom is 0.433 e. The summed E-state index contributed by atoms with van der Waals surface area (Å²) in [6.45, 7) is 2.12. The van der Waals surface area contributed by atoms with E-state index in [4.69, 9.17) is 22.0 Å². The Morgan fingerprint density at radius 3 is 2.30 bits per heavy atom. The predicted molar refractivity (Wildman–Crippen MR) is 141 cm³/mol. The summed E-state index contributed by atoms with van der Waals surface area (Å²) in [5, 5.41) is 16.4. The predicted octanol–water partition coefficient (Wildman–Crippen LogP) is 6.18. The number of carboxylic acid groups (broad SMARTS) is 1. The number of carbonyl (C=O) groups is 1. The smallest absolute Gasteiger partial charge is 0.433 e. The van der Waals surface area contributed by atoms with Crippen LogP contribution in [0.3, 0.4) is 0 Å². The molecule has 3 aromatic carbocycles. The van der Waals surface area contributed by atoms with E-state index < -0.39 is 6.09 Å². The number of allylic oxidation sites excluding steroid dienone is 1. The Morgan fingerprint density at radius 1 is 1.03 bits per heavy atom. The molecule has 0 spiro atoms. The van der Waals surface area contributed by atoms with E-state index in [1.165, 1.54) is 17.9 Å². The van der Waals surface area contributed by atoms with Crippen LogP contribution in [0.15, 0.2) is 83.9 Å². The summed E-state index contributed by atoms with van der Waals surface area (Å²) >= 11 is 0. The van der Waals surface area contributed by atoms with Crippen molar-refractivity contribution in [2.45, 2.75) is 13.3 Å². The monoisotopic (exact) mass is 442 g/mol. The fraction of sp³-hybridized carbons (Fsp3) is 0.0741. The Labute approximate surface area is 196 Å². The zero-order valence-corrected chi connectivity index (χ0v) is 18.3. The first-order valence-electron chi connectivity index (χ1n) is 10.5. The van der Waals surface area contributed by atoms with E-state index in [0.717, 1.165) is 34.2 Å². The van der Waals surface area contributed by atoms with Crippen molar-refractivity contribution in [3.63, 3.8) is 0 Å².